The molecule has 0 fully saturated rings. The molecule has 0 aliphatic carbocycles. The predicted molar refractivity (Wildman–Crippen MR) is 74.8 cm³/mol. The number of halogens is 1. The van der Waals surface area contributed by atoms with Crippen LogP contribution in [0.15, 0.2) is 22.7 Å². The summed E-state index contributed by atoms with van der Waals surface area (Å²) in [6.07, 6.45) is 1.47. The molecule has 1 aromatic heterocycles. The first-order valence-electron chi connectivity index (χ1n) is 5.99. The number of hydrogen-bond donors (Lipinski definition) is 1. The Morgan fingerprint density at radius 2 is 2.21 bits per heavy atom. The lowest BCUT2D eigenvalue weighted by Crippen LogP contribution is -2.07. The van der Waals surface area contributed by atoms with E-state index in [9.17, 15) is 4.79 Å². The minimum absolute atomic E-state index is 0.0316. The van der Waals surface area contributed by atoms with Gasteiger partial charge in [0, 0.05) is 4.47 Å². The zero-order valence-corrected chi connectivity index (χ0v) is 12.3. The molecule has 1 aromatic carbocycles. The van der Waals surface area contributed by atoms with E-state index in [1.807, 2.05) is 32.0 Å². The van der Waals surface area contributed by atoms with E-state index in [0.717, 1.165) is 22.1 Å². The maximum Gasteiger partial charge on any atom is 0.358 e. The Balaban J connectivity index is 2.58. The highest BCUT2D eigenvalue weighted by molar-refractivity contribution is 9.10. The second-order valence-corrected chi connectivity index (χ2v) is 5.20. The fraction of sp³-hybridized carbons (Fsp3) is 0.308. The van der Waals surface area contributed by atoms with Crippen LogP contribution in [0.5, 0.6) is 0 Å². The Labute approximate surface area is 119 Å². The number of aromatic carboxylic acids is 1. The van der Waals surface area contributed by atoms with Crippen LogP contribution in [0.25, 0.3) is 5.69 Å². The molecule has 0 atom stereocenters. The Bertz CT molecular complexity index is 622. The van der Waals surface area contributed by atoms with Gasteiger partial charge in [-0.1, -0.05) is 34.5 Å². The number of carbonyl (C=O) groups is 1. The van der Waals surface area contributed by atoms with E-state index in [-0.39, 0.29) is 5.69 Å². The molecular formula is C13H14BrN3O2. The van der Waals surface area contributed by atoms with E-state index < -0.39 is 5.97 Å². The summed E-state index contributed by atoms with van der Waals surface area (Å²) < 4.78 is 2.60. The number of benzene rings is 1. The van der Waals surface area contributed by atoms with Crippen LogP contribution in [-0.2, 0) is 6.42 Å². The summed E-state index contributed by atoms with van der Waals surface area (Å²) in [4.78, 5) is 11.2. The maximum atomic E-state index is 11.2. The number of aromatic nitrogens is 3. The fourth-order valence-electron chi connectivity index (χ4n) is 1.98. The third-order valence-corrected chi connectivity index (χ3v) is 3.33. The van der Waals surface area contributed by atoms with Gasteiger partial charge in [-0.05, 0) is 37.1 Å². The number of carboxylic acids is 1. The number of nitrogens with zero attached hydrogens (tertiary/aromatic N) is 3. The summed E-state index contributed by atoms with van der Waals surface area (Å²) in [5.74, 6) is -1.04. The van der Waals surface area contributed by atoms with Crippen molar-refractivity contribution in [1.82, 2.24) is 15.0 Å². The van der Waals surface area contributed by atoms with Gasteiger partial charge in [-0.15, -0.1) is 5.10 Å². The topological polar surface area (TPSA) is 68.0 Å². The molecule has 0 aliphatic heterocycles. The maximum absolute atomic E-state index is 11.2. The molecule has 0 amide bonds. The first kappa shape index (κ1) is 13.7. The summed E-state index contributed by atoms with van der Waals surface area (Å²) in [5.41, 5.74) is 2.53. The van der Waals surface area contributed by atoms with Crippen LogP contribution in [0.2, 0.25) is 0 Å². The molecule has 1 N–H and O–H groups in total. The first-order valence-corrected chi connectivity index (χ1v) is 6.78. The molecule has 0 spiro atoms. The molecule has 0 saturated heterocycles. The van der Waals surface area contributed by atoms with Gasteiger partial charge in [0.25, 0.3) is 0 Å². The summed E-state index contributed by atoms with van der Waals surface area (Å²) in [7, 11) is 0. The zero-order chi connectivity index (χ0) is 14.0. The molecule has 2 aromatic rings. The quantitative estimate of drug-likeness (QED) is 0.939. The molecule has 0 radical (unpaired) electrons. The zero-order valence-electron chi connectivity index (χ0n) is 10.7. The molecule has 1 heterocycles. The van der Waals surface area contributed by atoms with Crippen LogP contribution in [-0.4, -0.2) is 26.1 Å². The second kappa shape index (κ2) is 5.52. The van der Waals surface area contributed by atoms with Gasteiger partial charge in [0.15, 0.2) is 5.69 Å². The van der Waals surface area contributed by atoms with Crippen LogP contribution >= 0.6 is 15.9 Å². The number of rotatable bonds is 4. The van der Waals surface area contributed by atoms with Crippen LogP contribution in [0, 0.1) is 6.92 Å². The van der Waals surface area contributed by atoms with E-state index in [4.69, 9.17) is 5.11 Å². The minimum Gasteiger partial charge on any atom is -0.476 e. The fourth-order valence-corrected chi connectivity index (χ4v) is 2.45. The van der Waals surface area contributed by atoms with E-state index in [1.54, 1.807) is 4.68 Å². The SMILES string of the molecule is CCCc1c(C(=O)O)nnn1-c1ccc(Br)cc1C. The van der Waals surface area contributed by atoms with Gasteiger partial charge in [-0.2, -0.15) is 0 Å². The molecule has 6 heteroatoms. The number of aryl methyl sites for hydroxylation is 1. The van der Waals surface area contributed by atoms with Gasteiger partial charge in [0.1, 0.15) is 0 Å². The lowest BCUT2D eigenvalue weighted by Gasteiger charge is -2.09. The van der Waals surface area contributed by atoms with Gasteiger partial charge in [0.05, 0.1) is 11.4 Å². The van der Waals surface area contributed by atoms with Gasteiger partial charge in [0.2, 0.25) is 0 Å². The van der Waals surface area contributed by atoms with Crippen molar-refractivity contribution in [2.45, 2.75) is 26.7 Å². The monoisotopic (exact) mass is 323 g/mol. The van der Waals surface area contributed by atoms with E-state index in [1.165, 1.54) is 0 Å². The highest BCUT2D eigenvalue weighted by atomic mass is 79.9. The van der Waals surface area contributed by atoms with Crippen molar-refractivity contribution < 1.29 is 9.90 Å². The lowest BCUT2D eigenvalue weighted by atomic mass is 10.1. The largest absolute Gasteiger partial charge is 0.476 e. The molecule has 100 valence electrons. The third kappa shape index (κ3) is 2.68. The van der Waals surface area contributed by atoms with E-state index >= 15 is 0 Å². The summed E-state index contributed by atoms with van der Waals surface area (Å²) in [6.45, 7) is 3.95. The Morgan fingerprint density at radius 3 is 2.79 bits per heavy atom. The Kier molecular flexibility index (Phi) is 3.99. The average Bonchev–Trinajstić information content (AvgIpc) is 2.73. The highest BCUT2D eigenvalue weighted by Gasteiger charge is 2.19. The lowest BCUT2D eigenvalue weighted by molar-refractivity contribution is 0.0689. The average molecular weight is 324 g/mol. The van der Waals surface area contributed by atoms with E-state index in [0.29, 0.717) is 12.1 Å². The third-order valence-electron chi connectivity index (χ3n) is 2.84. The molecule has 5 nitrogen and oxygen atoms in total. The summed E-state index contributed by atoms with van der Waals surface area (Å²) >= 11 is 3.41. The Hall–Kier alpha value is -1.69. The van der Waals surface area contributed by atoms with Crippen molar-refractivity contribution in [2.24, 2.45) is 0 Å². The van der Waals surface area contributed by atoms with Crippen LogP contribution < -0.4 is 0 Å². The van der Waals surface area contributed by atoms with E-state index in [2.05, 4.69) is 26.2 Å². The van der Waals surface area contributed by atoms with Crippen molar-refractivity contribution in [3.05, 3.63) is 39.6 Å². The molecule has 2 rings (SSSR count). The van der Waals surface area contributed by atoms with Gasteiger partial charge in [-0.3, -0.25) is 0 Å². The van der Waals surface area contributed by atoms with Gasteiger partial charge >= 0.3 is 5.97 Å². The molecule has 0 saturated carbocycles. The van der Waals surface area contributed by atoms with Gasteiger partial charge < -0.3 is 5.11 Å². The highest BCUT2D eigenvalue weighted by Crippen LogP contribution is 2.21. The summed E-state index contributed by atoms with van der Waals surface area (Å²) in [6, 6.07) is 5.77. The predicted octanol–water partition coefficient (Wildman–Crippen LogP) is 2.99. The normalized spacial score (nSPS) is 10.7. The molecule has 0 aliphatic rings. The van der Waals surface area contributed by atoms with Crippen LogP contribution in [0.1, 0.15) is 35.1 Å². The molecule has 0 bridgehead atoms. The van der Waals surface area contributed by atoms with Crippen molar-refractivity contribution in [3.63, 3.8) is 0 Å². The number of carboxylic acid groups (broad SMARTS) is 1. The molecule has 19 heavy (non-hydrogen) atoms. The van der Waals surface area contributed by atoms with Crippen LogP contribution in [0.3, 0.4) is 0 Å². The van der Waals surface area contributed by atoms with Crippen molar-refractivity contribution in [2.75, 3.05) is 0 Å². The van der Waals surface area contributed by atoms with Crippen molar-refractivity contribution >= 4 is 21.9 Å². The number of hydrogen-bond acceptors (Lipinski definition) is 3. The molecular weight excluding hydrogens is 310 g/mol. The van der Waals surface area contributed by atoms with Crippen molar-refractivity contribution in [1.29, 1.82) is 0 Å². The smallest absolute Gasteiger partial charge is 0.358 e. The molecule has 0 unspecified atom stereocenters. The second-order valence-electron chi connectivity index (χ2n) is 4.28. The Morgan fingerprint density at radius 1 is 1.47 bits per heavy atom. The van der Waals surface area contributed by atoms with Crippen LogP contribution in [0.4, 0.5) is 0 Å². The first-order chi connectivity index (χ1) is 9.04. The van der Waals surface area contributed by atoms with Gasteiger partial charge in [-0.25, -0.2) is 9.48 Å². The minimum atomic E-state index is -1.04. The summed E-state index contributed by atoms with van der Waals surface area (Å²) in [5, 5.41) is 16.9. The standard InChI is InChI=1S/C13H14BrN3O2/c1-3-4-11-12(13(18)19)15-16-17(11)10-6-5-9(14)7-8(10)2/h5-7H,3-4H2,1-2H3,(H,18,19). The van der Waals surface area contributed by atoms with Crippen molar-refractivity contribution in [3.8, 4) is 5.69 Å².